The highest BCUT2D eigenvalue weighted by Crippen LogP contribution is 2.32. The first-order valence-corrected chi connectivity index (χ1v) is 11.4. The van der Waals surface area contributed by atoms with Gasteiger partial charge in [-0.1, -0.05) is 18.6 Å². The molecule has 4 nitrogen and oxygen atoms in total. The van der Waals surface area contributed by atoms with Crippen LogP contribution in [0, 0.1) is 11.8 Å². The van der Waals surface area contributed by atoms with Crippen LogP contribution in [0.5, 0.6) is 0 Å². The van der Waals surface area contributed by atoms with Crippen LogP contribution in [-0.2, 0) is 22.4 Å². The summed E-state index contributed by atoms with van der Waals surface area (Å²) in [5.74, 6) is -0.348. The summed E-state index contributed by atoms with van der Waals surface area (Å²) < 4.78 is 0. The standard InChI is InChI=1S/C21H28N2O2S2/c1-14(12-16-6-4-10-26-16)22-20(24)18-8-3-9-19(18)21(25)23-15(2)13-17-7-5-11-27-17/h4-7,10-11,14-15,18-19H,3,8-9,12-13H2,1-2H3,(H,22,24)(H,23,25)/t14-,15+,18-,19-/m1/s1. The quantitative estimate of drug-likeness (QED) is 0.698. The molecule has 2 aromatic rings. The summed E-state index contributed by atoms with van der Waals surface area (Å²) in [6.07, 6.45) is 4.22. The fourth-order valence-corrected chi connectivity index (χ4v) is 5.52. The summed E-state index contributed by atoms with van der Waals surface area (Å²) in [5.41, 5.74) is 0. The average Bonchev–Trinajstić information content (AvgIpc) is 3.36. The number of thiophene rings is 2. The van der Waals surface area contributed by atoms with E-state index in [1.807, 2.05) is 26.0 Å². The molecule has 2 aromatic heterocycles. The Morgan fingerprint density at radius 2 is 1.37 bits per heavy atom. The van der Waals surface area contributed by atoms with Crippen LogP contribution in [0.3, 0.4) is 0 Å². The minimum Gasteiger partial charge on any atom is -0.353 e. The maximum Gasteiger partial charge on any atom is 0.224 e. The van der Waals surface area contributed by atoms with Crippen LogP contribution in [0.2, 0.25) is 0 Å². The maximum atomic E-state index is 12.8. The smallest absolute Gasteiger partial charge is 0.224 e. The Hall–Kier alpha value is -1.66. The third-order valence-electron chi connectivity index (χ3n) is 5.14. The van der Waals surface area contributed by atoms with Gasteiger partial charge in [0.05, 0.1) is 0 Å². The minimum atomic E-state index is -0.204. The average molecular weight is 405 g/mol. The van der Waals surface area contributed by atoms with Gasteiger partial charge in [0, 0.05) is 46.5 Å². The van der Waals surface area contributed by atoms with Gasteiger partial charge in [0.2, 0.25) is 11.8 Å². The Morgan fingerprint density at radius 3 is 1.74 bits per heavy atom. The third kappa shape index (κ3) is 5.66. The number of hydrogen-bond donors (Lipinski definition) is 2. The van der Waals surface area contributed by atoms with Crippen molar-refractivity contribution in [3.05, 3.63) is 44.8 Å². The molecule has 6 heteroatoms. The van der Waals surface area contributed by atoms with Crippen LogP contribution in [0.1, 0.15) is 42.9 Å². The van der Waals surface area contributed by atoms with Crippen LogP contribution >= 0.6 is 22.7 Å². The highest BCUT2D eigenvalue weighted by Gasteiger charge is 2.38. The predicted octanol–water partition coefficient (Wildman–Crippen LogP) is 4.02. The molecule has 0 bridgehead atoms. The number of carbonyl (C=O) groups is 2. The molecule has 2 N–H and O–H groups in total. The monoisotopic (exact) mass is 404 g/mol. The first kappa shape index (κ1) is 20.1. The molecular formula is C21H28N2O2S2. The second kappa shape index (κ2) is 9.51. The van der Waals surface area contributed by atoms with Crippen LogP contribution in [-0.4, -0.2) is 23.9 Å². The molecule has 3 rings (SSSR count). The van der Waals surface area contributed by atoms with Crippen molar-refractivity contribution in [2.75, 3.05) is 0 Å². The Morgan fingerprint density at radius 1 is 0.926 bits per heavy atom. The molecular weight excluding hydrogens is 376 g/mol. The summed E-state index contributed by atoms with van der Waals surface area (Å²) in [4.78, 5) is 28.0. The zero-order valence-electron chi connectivity index (χ0n) is 15.9. The molecule has 1 saturated carbocycles. The molecule has 0 unspecified atom stereocenters. The first-order valence-electron chi connectivity index (χ1n) is 9.68. The Kier molecular flexibility index (Phi) is 7.07. The third-order valence-corrected chi connectivity index (χ3v) is 6.94. The van der Waals surface area contributed by atoms with Crippen molar-refractivity contribution < 1.29 is 9.59 Å². The molecule has 0 aromatic carbocycles. The summed E-state index contributed by atoms with van der Waals surface area (Å²) in [5, 5.41) is 10.4. The highest BCUT2D eigenvalue weighted by molar-refractivity contribution is 7.10. The number of carbonyl (C=O) groups excluding carboxylic acids is 2. The van der Waals surface area contributed by atoms with E-state index in [9.17, 15) is 9.59 Å². The fraction of sp³-hybridized carbons (Fsp3) is 0.524. The second-order valence-electron chi connectivity index (χ2n) is 7.53. The lowest BCUT2D eigenvalue weighted by molar-refractivity contribution is -0.134. The van der Waals surface area contributed by atoms with Gasteiger partial charge >= 0.3 is 0 Å². The van der Waals surface area contributed by atoms with Gasteiger partial charge in [-0.05, 0) is 49.6 Å². The second-order valence-corrected chi connectivity index (χ2v) is 9.59. The molecule has 0 spiro atoms. The molecule has 1 aliphatic carbocycles. The zero-order chi connectivity index (χ0) is 19.2. The van der Waals surface area contributed by atoms with Crippen molar-refractivity contribution >= 4 is 34.5 Å². The molecule has 0 aliphatic heterocycles. The van der Waals surface area contributed by atoms with Crippen molar-refractivity contribution in [1.82, 2.24) is 10.6 Å². The summed E-state index contributed by atoms with van der Waals surface area (Å²) >= 11 is 3.42. The van der Waals surface area contributed by atoms with Gasteiger partial charge in [-0.25, -0.2) is 0 Å². The predicted molar refractivity (Wildman–Crippen MR) is 112 cm³/mol. The molecule has 0 saturated heterocycles. The number of rotatable bonds is 8. The lowest BCUT2D eigenvalue weighted by atomic mass is 9.93. The Bertz CT molecular complexity index is 665. The SMILES string of the molecule is C[C@H](Cc1cccs1)NC(=O)[C@@H]1CCC[C@H]1C(=O)N[C@@H](C)Cc1cccs1. The normalized spacial score (nSPS) is 21.6. The minimum absolute atomic E-state index is 0.0302. The van der Waals surface area contributed by atoms with E-state index in [0.29, 0.717) is 0 Å². The van der Waals surface area contributed by atoms with E-state index >= 15 is 0 Å². The van der Waals surface area contributed by atoms with Crippen molar-refractivity contribution in [3.8, 4) is 0 Å². The molecule has 27 heavy (non-hydrogen) atoms. The molecule has 0 radical (unpaired) electrons. The van der Waals surface area contributed by atoms with Gasteiger partial charge in [0.25, 0.3) is 0 Å². The van der Waals surface area contributed by atoms with Gasteiger partial charge < -0.3 is 10.6 Å². The lowest BCUT2D eigenvalue weighted by Crippen LogP contribution is -2.45. The summed E-state index contributed by atoms with van der Waals surface area (Å²) in [6, 6.07) is 8.41. The first-order chi connectivity index (χ1) is 13.0. The molecule has 1 fully saturated rings. The van der Waals surface area contributed by atoms with Gasteiger partial charge in [0.1, 0.15) is 0 Å². The number of hydrogen-bond acceptors (Lipinski definition) is 4. The zero-order valence-corrected chi connectivity index (χ0v) is 17.6. The van der Waals surface area contributed by atoms with E-state index in [2.05, 4.69) is 33.5 Å². The van der Waals surface area contributed by atoms with Gasteiger partial charge in [-0.2, -0.15) is 0 Å². The Labute approximate surface area is 169 Å². The van der Waals surface area contributed by atoms with Crippen molar-refractivity contribution in [1.29, 1.82) is 0 Å². The van der Waals surface area contributed by atoms with Crippen molar-refractivity contribution in [3.63, 3.8) is 0 Å². The molecule has 2 heterocycles. The Balaban J connectivity index is 1.50. The fourth-order valence-electron chi connectivity index (χ4n) is 3.85. The number of nitrogens with one attached hydrogen (secondary N) is 2. The maximum absolute atomic E-state index is 12.8. The van der Waals surface area contributed by atoms with E-state index in [4.69, 9.17) is 0 Å². The largest absolute Gasteiger partial charge is 0.353 e. The number of amides is 2. The van der Waals surface area contributed by atoms with Crippen LogP contribution in [0.4, 0.5) is 0 Å². The topological polar surface area (TPSA) is 58.2 Å². The summed E-state index contributed by atoms with van der Waals surface area (Å²) in [6.45, 7) is 4.06. The van der Waals surface area contributed by atoms with E-state index in [1.165, 1.54) is 9.75 Å². The van der Waals surface area contributed by atoms with Crippen LogP contribution < -0.4 is 10.6 Å². The van der Waals surface area contributed by atoms with Crippen LogP contribution in [0.15, 0.2) is 35.0 Å². The molecule has 2 amide bonds. The van der Waals surface area contributed by atoms with E-state index in [-0.39, 0.29) is 35.7 Å². The summed E-state index contributed by atoms with van der Waals surface area (Å²) in [7, 11) is 0. The highest BCUT2D eigenvalue weighted by atomic mass is 32.1. The van der Waals surface area contributed by atoms with E-state index in [0.717, 1.165) is 32.1 Å². The van der Waals surface area contributed by atoms with E-state index in [1.54, 1.807) is 22.7 Å². The molecule has 4 atom stereocenters. The van der Waals surface area contributed by atoms with Gasteiger partial charge in [0.15, 0.2) is 0 Å². The van der Waals surface area contributed by atoms with Gasteiger partial charge in [-0.15, -0.1) is 22.7 Å². The van der Waals surface area contributed by atoms with Gasteiger partial charge in [-0.3, -0.25) is 9.59 Å². The van der Waals surface area contributed by atoms with Crippen molar-refractivity contribution in [2.45, 2.75) is 58.0 Å². The van der Waals surface area contributed by atoms with Crippen molar-refractivity contribution in [2.24, 2.45) is 11.8 Å². The molecule has 1 aliphatic rings. The lowest BCUT2D eigenvalue weighted by Gasteiger charge is -2.23. The van der Waals surface area contributed by atoms with E-state index < -0.39 is 0 Å². The molecule has 146 valence electrons. The van der Waals surface area contributed by atoms with Crippen LogP contribution in [0.25, 0.3) is 0 Å².